The van der Waals surface area contributed by atoms with Crippen molar-refractivity contribution in [3.8, 4) is 0 Å². The number of anilines is 1. The Morgan fingerprint density at radius 3 is 2.92 bits per heavy atom. The number of nitrogens with zero attached hydrogens (tertiary/aromatic N) is 1. The third kappa shape index (κ3) is 0.940. The van der Waals surface area contributed by atoms with Gasteiger partial charge in [-0.05, 0) is 18.6 Å². The Labute approximate surface area is 74.1 Å². The summed E-state index contributed by atoms with van der Waals surface area (Å²) in [7, 11) is 0. The van der Waals surface area contributed by atoms with Crippen molar-refractivity contribution in [2.45, 2.75) is 6.92 Å². The van der Waals surface area contributed by atoms with Crippen LogP contribution < -0.4 is 5.73 Å². The number of aryl methyl sites for hydroxylation is 1. The average Bonchev–Trinajstić information content (AvgIpc) is 2.41. The smallest absolute Gasteiger partial charge is 0.293 e. The summed E-state index contributed by atoms with van der Waals surface area (Å²) in [6, 6.07) is 3.80. The van der Waals surface area contributed by atoms with E-state index in [1.54, 1.807) is 6.07 Å². The first-order valence-electron chi connectivity index (χ1n) is 3.49. The molecule has 0 atom stereocenters. The van der Waals surface area contributed by atoms with E-state index in [4.69, 9.17) is 21.8 Å². The fourth-order valence-electron chi connectivity index (χ4n) is 1.12. The molecule has 0 aliphatic rings. The van der Waals surface area contributed by atoms with Gasteiger partial charge in [0.1, 0.15) is 5.52 Å². The molecule has 3 nitrogen and oxygen atoms in total. The summed E-state index contributed by atoms with van der Waals surface area (Å²) in [5, 5.41) is 0.541. The maximum atomic E-state index is 5.85. The van der Waals surface area contributed by atoms with E-state index in [0.717, 1.165) is 11.1 Å². The average molecular weight is 183 g/mol. The van der Waals surface area contributed by atoms with E-state index in [2.05, 4.69) is 4.98 Å². The number of oxazole rings is 1. The van der Waals surface area contributed by atoms with Crippen molar-refractivity contribution in [3.63, 3.8) is 0 Å². The second-order valence-electron chi connectivity index (χ2n) is 2.59. The molecule has 1 aromatic carbocycles. The number of hydrogen-bond donors (Lipinski definition) is 1. The van der Waals surface area contributed by atoms with Crippen molar-refractivity contribution < 1.29 is 4.42 Å². The molecule has 2 N–H and O–H groups in total. The molecular formula is C8H7ClN2O. The maximum Gasteiger partial charge on any atom is 0.293 e. The van der Waals surface area contributed by atoms with Crippen LogP contribution in [0.25, 0.3) is 11.1 Å². The van der Waals surface area contributed by atoms with Crippen molar-refractivity contribution in [2.75, 3.05) is 5.73 Å². The van der Waals surface area contributed by atoms with Crippen LogP contribution in [-0.2, 0) is 0 Å². The fourth-order valence-corrected chi connectivity index (χ4v) is 1.31. The first-order chi connectivity index (χ1) is 5.68. The molecule has 0 radical (unpaired) electrons. The van der Waals surface area contributed by atoms with Gasteiger partial charge in [0.2, 0.25) is 0 Å². The second kappa shape index (κ2) is 2.38. The van der Waals surface area contributed by atoms with Gasteiger partial charge in [0.25, 0.3) is 6.01 Å². The standard InChI is InChI=1S/C8H7ClN2O/c1-4-2-3-5(9)7-6(4)11-8(10)12-7/h2-3H,1H3,(H2,10,11). The molecule has 1 aromatic heterocycles. The van der Waals surface area contributed by atoms with Crippen molar-refractivity contribution in [2.24, 2.45) is 0 Å². The molecule has 0 fully saturated rings. The molecule has 62 valence electrons. The van der Waals surface area contributed by atoms with Crippen LogP contribution in [0.4, 0.5) is 6.01 Å². The third-order valence-corrected chi connectivity index (χ3v) is 2.01. The van der Waals surface area contributed by atoms with E-state index in [0.29, 0.717) is 10.6 Å². The molecule has 4 heteroatoms. The molecule has 0 unspecified atom stereocenters. The zero-order chi connectivity index (χ0) is 8.72. The van der Waals surface area contributed by atoms with Crippen molar-refractivity contribution in [1.82, 2.24) is 4.98 Å². The predicted molar refractivity (Wildman–Crippen MR) is 48.2 cm³/mol. The lowest BCUT2D eigenvalue weighted by molar-refractivity contribution is 0.626. The Kier molecular flexibility index (Phi) is 1.48. The van der Waals surface area contributed by atoms with E-state index in [1.165, 1.54) is 0 Å². The summed E-state index contributed by atoms with van der Waals surface area (Å²) in [6.07, 6.45) is 0. The highest BCUT2D eigenvalue weighted by molar-refractivity contribution is 6.34. The van der Waals surface area contributed by atoms with E-state index >= 15 is 0 Å². The van der Waals surface area contributed by atoms with Crippen molar-refractivity contribution in [1.29, 1.82) is 0 Å². The molecule has 0 amide bonds. The number of nitrogen functional groups attached to an aromatic ring is 1. The van der Waals surface area contributed by atoms with Gasteiger partial charge in [-0.3, -0.25) is 0 Å². The summed E-state index contributed by atoms with van der Waals surface area (Å²) < 4.78 is 5.11. The minimum atomic E-state index is 0.154. The van der Waals surface area contributed by atoms with Crippen LogP contribution in [0.15, 0.2) is 16.5 Å². The largest absolute Gasteiger partial charge is 0.422 e. The first-order valence-corrected chi connectivity index (χ1v) is 3.87. The monoisotopic (exact) mass is 182 g/mol. The number of aromatic nitrogens is 1. The number of hydrogen-bond acceptors (Lipinski definition) is 3. The maximum absolute atomic E-state index is 5.85. The first kappa shape index (κ1) is 7.43. The normalized spacial score (nSPS) is 10.8. The number of benzene rings is 1. The Hall–Kier alpha value is -1.22. The summed E-state index contributed by atoms with van der Waals surface area (Å²) in [6.45, 7) is 1.93. The van der Waals surface area contributed by atoms with Crippen molar-refractivity contribution >= 4 is 28.7 Å². The number of nitrogens with two attached hydrogens (primary N) is 1. The molecule has 0 aliphatic carbocycles. The molecule has 2 aromatic rings. The highest BCUT2D eigenvalue weighted by Crippen LogP contribution is 2.27. The number of rotatable bonds is 0. The van der Waals surface area contributed by atoms with Gasteiger partial charge in [-0.2, -0.15) is 4.98 Å². The van der Waals surface area contributed by atoms with E-state index in [1.807, 2.05) is 13.0 Å². The van der Waals surface area contributed by atoms with E-state index in [9.17, 15) is 0 Å². The van der Waals surface area contributed by atoms with Gasteiger partial charge in [-0.15, -0.1) is 0 Å². The SMILES string of the molecule is Cc1ccc(Cl)c2oc(N)nc12. The Morgan fingerprint density at radius 2 is 2.25 bits per heavy atom. The zero-order valence-corrected chi connectivity index (χ0v) is 7.22. The lowest BCUT2D eigenvalue weighted by atomic mass is 10.2. The van der Waals surface area contributed by atoms with Gasteiger partial charge in [0.15, 0.2) is 5.58 Å². The van der Waals surface area contributed by atoms with Crippen LogP contribution >= 0.6 is 11.6 Å². The molecule has 0 aliphatic heterocycles. The molecule has 0 saturated heterocycles. The summed E-state index contributed by atoms with van der Waals surface area (Å²) in [5.41, 5.74) is 7.70. The Bertz CT molecular complexity index is 397. The van der Waals surface area contributed by atoms with Gasteiger partial charge >= 0.3 is 0 Å². The van der Waals surface area contributed by atoms with Gasteiger partial charge in [-0.1, -0.05) is 17.7 Å². The molecule has 2 rings (SSSR count). The Morgan fingerprint density at radius 1 is 1.50 bits per heavy atom. The lowest BCUT2D eigenvalue weighted by Gasteiger charge is -1.93. The van der Waals surface area contributed by atoms with Crippen molar-refractivity contribution in [3.05, 3.63) is 22.7 Å². The number of halogens is 1. The lowest BCUT2D eigenvalue weighted by Crippen LogP contribution is -1.81. The van der Waals surface area contributed by atoms with Crippen LogP contribution in [-0.4, -0.2) is 4.98 Å². The zero-order valence-electron chi connectivity index (χ0n) is 6.47. The van der Waals surface area contributed by atoms with Gasteiger partial charge in [-0.25, -0.2) is 0 Å². The second-order valence-corrected chi connectivity index (χ2v) is 3.00. The minimum Gasteiger partial charge on any atom is -0.422 e. The topological polar surface area (TPSA) is 52.0 Å². The summed E-state index contributed by atoms with van der Waals surface area (Å²) >= 11 is 5.85. The Balaban J connectivity index is 2.93. The molecular weight excluding hydrogens is 176 g/mol. The van der Waals surface area contributed by atoms with E-state index < -0.39 is 0 Å². The van der Waals surface area contributed by atoms with Crippen LogP contribution in [0.1, 0.15) is 5.56 Å². The van der Waals surface area contributed by atoms with Crippen LogP contribution in [0.2, 0.25) is 5.02 Å². The fraction of sp³-hybridized carbons (Fsp3) is 0.125. The van der Waals surface area contributed by atoms with Crippen LogP contribution in [0, 0.1) is 6.92 Å². The molecule has 0 saturated carbocycles. The van der Waals surface area contributed by atoms with Crippen LogP contribution in [0.3, 0.4) is 0 Å². The van der Waals surface area contributed by atoms with Crippen LogP contribution in [0.5, 0.6) is 0 Å². The van der Waals surface area contributed by atoms with E-state index in [-0.39, 0.29) is 6.01 Å². The quantitative estimate of drug-likeness (QED) is 0.681. The molecule has 0 bridgehead atoms. The molecule has 1 heterocycles. The molecule has 12 heavy (non-hydrogen) atoms. The molecule has 0 spiro atoms. The summed E-state index contributed by atoms with van der Waals surface area (Å²) in [5.74, 6) is 0. The van der Waals surface area contributed by atoms with Gasteiger partial charge in [0.05, 0.1) is 5.02 Å². The summed E-state index contributed by atoms with van der Waals surface area (Å²) in [4.78, 5) is 4.00. The highest BCUT2D eigenvalue weighted by Gasteiger charge is 2.08. The predicted octanol–water partition coefficient (Wildman–Crippen LogP) is 2.37. The number of fused-ring (bicyclic) bond motifs is 1. The van der Waals surface area contributed by atoms with Gasteiger partial charge in [0, 0.05) is 0 Å². The van der Waals surface area contributed by atoms with Gasteiger partial charge < -0.3 is 10.2 Å². The third-order valence-electron chi connectivity index (χ3n) is 1.71. The minimum absolute atomic E-state index is 0.154. The highest BCUT2D eigenvalue weighted by atomic mass is 35.5.